The number of unbranched alkanes of at least 4 members (excludes halogenated alkanes) is 2. The van der Waals surface area contributed by atoms with E-state index in [9.17, 15) is 0 Å². The summed E-state index contributed by atoms with van der Waals surface area (Å²) >= 11 is 12.2. The van der Waals surface area contributed by atoms with Crippen molar-refractivity contribution >= 4 is 23.2 Å². The van der Waals surface area contributed by atoms with Crippen molar-refractivity contribution in [1.82, 2.24) is 4.90 Å². The molecule has 0 radical (unpaired) electrons. The Hall–Kier alpha value is -0.280. The molecule has 0 bridgehead atoms. The molecule has 0 aliphatic rings. The number of rotatable bonds is 7. The van der Waals surface area contributed by atoms with Crippen molar-refractivity contribution in [2.24, 2.45) is 5.73 Å². The maximum absolute atomic E-state index is 6.24. The lowest BCUT2D eigenvalue weighted by Gasteiger charge is -2.28. The molecule has 0 aliphatic heterocycles. The summed E-state index contributed by atoms with van der Waals surface area (Å²) in [7, 11) is 2.10. The lowest BCUT2D eigenvalue weighted by atomic mass is 10.1. The minimum atomic E-state index is 0.159. The van der Waals surface area contributed by atoms with Gasteiger partial charge in [-0.05, 0) is 37.7 Å². The summed E-state index contributed by atoms with van der Waals surface area (Å²) in [5, 5.41) is 1.36. The van der Waals surface area contributed by atoms with E-state index < -0.39 is 0 Å². The molecule has 1 atom stereocenters. The smallest absolute Gasteiger partial charge is 0.0482 e. The normalized spacial score (nSPS) is 13.0. The highest BCUT2D eigenvalue weighted by molar-refractivity contribution is 6.35. The van der Waals surface area contributed by atoms with Crippen molar-refractivity contribution in [2.75, 3.05) is 20.1 Å². The molecule has 102 valence electrons. The average Bonchev–Trinajstić information content (AvgIpc) is 2.33. The predicted octanol–water partition coefficient (Wildman–Crippen LogP) is 4.12. The van der Waals surface area contributed by atoms with E-state index >= 15 is 0 Å². The summed E-state index contributed by atoms with van der Waals surface area (Å²) in [6.07, 6.45) is 3.66. The van der Waals surface area contributed by atoms with Crippen LogP contribution < -0.4 is 5.73 Å². The maximum Gasteiger partial charge on any atom is 0.0482 e. The van der Waals surface area contributed by atoms with Crippen LogP contribution in [0.1, 0.15) is 37.8 Å². The molecule has 0 heterocycles. The van der Waals surface area contributed by atoms with Crippen LogP contribution in [0.4, 0.5) is 0 Å². The SMILES string of the molecule is CCCCCN(C)C(CN)c1ccc(Cl)cc1Cl. The number of likely N-dealkylation sites (N-methyl/N-ethyl adjacent to an activating group) is 1. The Morgan fingerprint density at radius 2 is 2.00 bits per heavy atom. The summed E-state index contributed by atoms with van der Waals surface area (Å²) in [4.78, 5) is 2.27. The summed E-state index contributed by atoms with van der Waals surface area (Å²) < 4.78 is 0. The molecule has 0 fully saturated rings. The zero-order valence-electron chi connectivity index (χ0n) is 11.1. The Labute approximate surface area is 120 Å². The van der Waals surface area contributed by atoms with Crippen molar-refractivity contribution < 1.29 is 0 Å². The van der Waals surface area contributed by atoms with Crippen LogP contribution in [0.15, 0.2) is 18.2 Å². The third-order valence-corrected chi connectivity index (χ3v) is 3.75. The summed E-state index contributed by atoms with van der Waals surface area (Å²) in [5.41, 5.74) is 6.94. The van der Waals surface area contributed by atoms with E-state index in [0.29, 0.717) is 16.6 Å². The summed E-state index contributed by atoms with van der Waals surface area (Å²) in [6, 6.07) is 5.77. The zero-order valence-corrected chi connectivity index (χ0v) is 12.6. The minimum absolute atomic E-state index is 0.159. The first-order chi connectivity index (χ1) is 8.60. The van der Waals surface area contributed by atoms with Crippen molar-refractivity contribution in [3.05, 3.63) is 33.8 Å². The van der Waals surface area contributed by atoms with E-state index in [1.165, 1.54) is 19.3 Å². The van der Waals surface area contributed by atoms with Gasteiger partial charge < -0.3 is 5.73 Å². The van der Waals surface area contributed by atoms with Crippen molar-refractivity contribution in [3.8, 4) is 0 Å². The molecule has 2 nitrogen and oxygen atoms in total. The molecule has 0 aromatic heterocycles. The van der Waals surface area contributed by atoms with Crippen molar-refractivity contribution in [1.29, 1.82) is 0 Å². The largest absolute Gasteiger partial charge is 0.329 e. The van der Waals surface area contributed by atoms with Gasteiger partial charge in [-0.15, -0.1) is 0 Å². The average molecular weight is 289 g/mol. The second kappa shape index (κ2) is 8.00. The summed E-state index contributed by atoms with van der Waals surface area (Å²) in [5.74, 6) is 0. The van der Waals surface area contributed by atoms with Crippen LogP contribution in [0.3, 0.4) is 0 Å². The Morgan fingerprint density at radius 1 is 1.28 bits per heavy atom. The van der Waals surface area contributed by atoms with Gasteiger partial charge in [-0.2, -0.15) is 0 Å². The van der Waals surface area contributed by atoms with E-state index in [1.807, 2.05) is 12.1 Å². The van der Waals surface area contributed by atoms with Crippen LogP contribution in [-0.2, 0) is 0 Å². The fourth-order valence-electron chi connectivity index (χ4n) is 2.08. The molecular weight excluding hydrogens is 267 g/mol. The third-order valence-electron chi connectivity index (χ3n) is 3.19. The Balaban J connectivity index is 2.75. The quantitative estimate of drug-likeness (QED) is 0.765. The van der Waals surface area contributed by atoms with E-state index in [1.54, 1.807) is 6.07 Å². The minimum Gasteiger partial charge on any atom is -0.329 e. The molecule has 0 spiro atoms. The highest BCUT2D eigenvalue weighted by Gasteiger charge is 2.17. The van der Waals surface area contributed by atoms with Crippen LogP contribution >= 0.6 is 23.2 Å². The van der Waals surface area contributed by atoms with Gasteiger partial charge >= 0.3 is 0 Å². The molecule has 0 saturated heterocycles. The maximum atomic E-state index is 6.24. The number of hydrogen-bond donors (Lipinski definition) is 1. The van der Waals surface area contributed by atoms with Gasteiger partial charge in [-0.3, -0.25) is 4.90 Å². The molecular formula is C14H22Cl2N2. The molecule has 2 N–H and O–H groups in total. The molecule has 0 aliphatic carbocycles. The second-order valence-electron chi connectivity index (χ2n) is 4.61. The molecule has 1 rings (SSSR count). The Bertz CT molecular complexity index is 369. The second-order valence-corrected chi connectivity index (χ2v) is 5.45. The summed E-state index contributed by atoms with van der Waals surface area (Å²) in [6.45, 7) is 3.80. The standard InChI is InChI=1S/C14H22Cl2N2/c1-3-4-5-8-18(2)14(10-17)12-7-6-11(15)9-13(12)16/h6-7,9,14H,3-5,8,10,17H2,1-2H3. The number of hydrogen-bond acceptors (Lipinski definition) is 2. The first-order valence-electron chi connectivity index (χ1n) is 6.45. The van der Waals surface area contributed by atoms with Gasteiger partial charge in [-0.25, -0.2) is 0 Å². The van der Waals surface area contributed by atoms with E-state index in [-0.39, 0.29) is 6.04 Å². The van der Waals surface area contributed by atoms with Gasteiger partial charge in [-0.1, -0.05) is 49.0 Å². The number of nitrogens with two attached hydrogens (primary N) is 1. The number of halogens is 2. The Kier molecular flexibility index (Phi) is 7.02. The fourth-order valence-corrected chi connectivity index (χ4v) is 2.62. The predicted molar refractivity (Wildman–Crippen MR) is 80.4 cm³/mol. The lowest BCUT2D eigenvalue weighted by Crippen LogP contribution is -2.31. The third kappa shape index (κ3) is 4.43. The van der Waals surface area contributed by atoms with Gasteiger partial charge in [0.05, 0.1) is 0 Å². The highest BCUT2D eigenvalue weighted by atomic mass is 35.5. The van der Waals surface area contributed by atoms with Crippen LogP contribution in [-0.4, -0.2) is 25.0 Å². The molecule has 1 unspecified atom stereocenters. The molecule has 18 heavy (non-hydrogen) atoms. The zero-order chi connectivity index (χ0) is 13.5. The fraction of sp³-hybridized carbons (Fsp3) is 0.571. The van der Waals surface area contributed by atoms with Gasteiger partial charge in [0.1, 0.15) is 0 Å². The molecule has 0 saturated carbocycles. The first kappa shape index (κ1) is 15.8. The first-order valence-corrected chi connectivity index (χ1v) is 7.21. The molecule has 1 aromatic rings. The lowest BCUT2D eigenvalue weighted by molar-refractivity contribution is 0.245. The van der Waals surface area contributed by atoms with Crippen LogP contribution in [0.5, 0.6) is 0 Å². The van der Waals surface area contributed by atoms with E-state index in [0.717, 1.165) is 12.1 Å². The van der Waals surface area contributed by atoms with Gasteiger partial charge in [0.15, 0.2) is 0 Å². The molecule has 1 aromatic carbocycles. The van der Waals surface area contributed by atoms with E-state index in [4.69, 9.17) is 28.9 Å². The highest BCUT2D eigenvalue weighted by Crippen LogP contribution is 2.28. The monoisotopic (exact) mass is 288 g/mol. The van der Waals surface area contributed by atoms with E-state index in [2.05, 4.69) is 18.9 Å². The van der Waals surface area contributed by atoms with Crippen LogP contribution in [0.25, 0.3) is 0 Å². The molecule has 0 amide bonds. The van der Waals surface area contributed by atoms with Gasteiger partial charge in [0.2, 0.25) is 0 Å². The van der Waals surface area contributed by atoms with Gasteiger partial charge in [0.25, 0.3) is 0 Å². The number of nitrogens with zero attached hydrogens (tertiary/aromatic N) is 1. The topological polar surface area (TPSA) is 29.3 Å². The van der Waals surface area contributed by atoms with Crippen LogP contribution in [0.2, 0.25) is 10.0 Å². The van der Waals surface area contributed by atoms with Crippen molar-refractivity contribution in [2.45, 2.75) is 32.2 Å². The number of benzene rings is 1. The van der Waals surface area contributed by atoms with Crippen molar-refractivity contribution in [3.63, 3.8) is 0 Å². The van der Waals surface area contributed by atoms with Crippen LogP contribution in [0, 0.1) is 0 Å². The molecule has 4 heteroatoms. The Morgan fingerprint density at radius 3 is 2.56 bits per heavy atom. The van der Waals surface area contributed by atoms with Gasteiger partial charge in [0, 0.05) is 22.6 Å².